The molecular weight excluding hydrogens is 395 g/mol. The quantitative estimate of drug-likeness (QED) is 0.422. The number of pyridine rings is 2. The van der Waals surface area contributed by atoms with Crippen molar-refractivity contribution in [3.63, 3.8) is 0 Å². The van der Waals surface area contributed by atoms with E-state index in [0.717, 1.165) is 35.3 Å². The molecule has 8 nitrogen and oxygen atoms in total. The van der Waals surface area contributed by atoms with Crippen molar-refractivity contribution in [1.29, 1.82) is 0 Å². The SMILES string of the molecule is CCCc1c(Cn2ccnc2-c2ncccc2F)ncn2nc(-c3cccnc3)nc12. The molecule has 5 heterocycles. The third-order valence-corrected chi connectivity index (χ3v) is 5.00. The average molecular weight is 414 g/mol. The summed E-state index contributed by atoms with van der Waals surface area (Å²) in [6, 6.07) is 6.72. The van der Waals surface area contributed by atoms with Gasteiger partial charge in [0.2, 0.25) is 0 Å². The lowest BCUT2D eigenvalue weighted by Crippen LogP contribution is -2.10. The zero-order valence-electron chi connectivity index (χ0n) is 16.9. The van der Waals surface area contributed by atoms with Gasteiger partial charge in [-0.1, -0.05) is 13.3 Å². The van der Waals surface area contributed by atoms with Gasteiger partial charge in [0.1, 0.15) is 12.0 Å². The Hall–Kier alpha value is -4.01. The Morgan fingerprint density at radius 1 is 1.03 bits per heavy atom. The molecule has 0 spiro atoms. The van der Waals surface area contributed by atoms with Crippen LogP contribution in [0.2, 0.25) is 0 Å². The zero-order chi connectivity index (χ0) is 21.2. The van der Waals surface area contributed by atoms with E-state index in [4.69, 9.17) is 4.98 Å². The lowest BCUT2D eigenvalue weighted by Gasteiger charge is -2.11. The van der Waals surface area contributed by atoms with Crippen LogP contribution in [0.1, 0.15) is 24.6 Å². The van der Waals surface area contributed by atoms with E-state index < -0.39 is 5.82 Å². The van der Waals surface area contributed by atoms with Crippen molar-refractivity contribution in [2.75, 3.05) is 0 Å². The molecule has 0 amide bonds. The summed E-state index contributed by atoms with van der Waals surface area (Å²) in [5, 5.41) is 4.57. The second-order valence-electron chi connectivity index (χ2n) is 7.08. The van der Waals surface area contributed by atoms with Crippen LogP contribution in [0, 0.1) is 5.82 Å². The van der Waals surface area contributed by atoms with E-state index >= 15 is 0 Å². The molecule has 0 saturated carbocycles. The average Bonchev–Trinajstić information content (AvgIpc) is 3.44. The molecule has 0 aliphatic heterocycles. The Morgan fingerprint density at radius 3 is 2.74 bits per heavy atom. The Bertz CT molecular complexity index is 1340. The second-order valence-corrected chi connectivity index (χ2v) is 7.08. The summed E-state index contributed by atoms with van der Waals surface area (Å²) in [6.45, 7) is 2.53. The standard InChI is InChI=1S/C22H19FN8/c1-2-5-16-18(13-30-11-10-26-22(30)19-17(23)7-4-9-25-19)27-14-31-21(16)28-20(29-31)15-6-3-8-24-12-15/h3-4,6-12,14H,2,5,13H2,1H3. The largest absolute Gasteiger partial charge is 0.324 e. The third kappa shape index (κ3) is 3.54. The van der Waals surface area contributed by atoms with Gasteiger partial charge in [-0.15, -0.1) is 5.10 Å². The number of rotatable bonds is 6. The minimum atomic E-state index is -0.411. The predicted molar refractivity (Wildman–Crippen MR) is 113 cm³/mol. The molecule has 0 atom stereocenters. The van der Waals surface area contributed by atoms with Crippen molar-refractivity contribution < 1.29 is 4.39 Å². The number of aryl methyl sites for hydroxylation is 1. The predicted octanol–water partition coefficient (Wildman–Crippen LogP) is 3.58. The van der Waals surface area contributed by atoms with Gasteiger partial charge < -0.3 is 4.57 Å². The normalized spacial score (nSPS) is 11.3. The van der Waals surface area contributed by atoms with Crippen LogP contribution >= 0.6 is 0 Å². The van der Waals surface area contributed by atoms with Gasteiger partial charge in [-0.3, -0.25) is 4.98 Å². The van der Waals surface area contributed by atoms with Crippen molar-refractivity contribution in [3.05, 3.63) is 78.7 Å². The van der Waals surface area contributed by atoms with Crippen LogP contribution in [-0.4, -0.2) is 39.1 Å². The fraction of sp³-hybridized carbons (Fsp3) is 0.182. The molecule has 31 heavy (non-hydrogen) atoms. The van der Waals surface area contributed by atoms with E-state index in [9.17, 15) is 4.39 Å². The highest BCUT2D eigenvalue weighted by atomic mass is 19.1. The second kappa shape index (κ2) is 8.02. The topological polar surface area (TPSA) is 86.7 Å². The molecule has 0 aliphatic rings. The monoisotopic (exact) mass is 414 g/mol. The van der Waals surface area contributed by atoms with Crippen molar-refractivity contribution >= 4 is 5.65 Å². The molecule has 5 aromatic heterocycles. The molecule has 0 unspecified atom stereocenters. The first-order valence-corrected chi connectivity index (χ1v) is 10.00. The van der Waals surface area contributed by atoms with Gasteiger partial charge in [-0.2, -0.15) is 0 Å². The fourth-order valence-corrected chi connectivity index (χ4v) is 3.57. The maximum Gasteiger partial charge on any atom is 0.183 e. The molecule has 154 valence electrons. The minimum absolute atomic E-state index is 0.215. The van der Waals surface area contributed by atoms with Gasteiger partial charge in [-0.05, 0) is 30.7 Å². The Kier molecular flexibility index (Phi) is 4.91. The van der Waals surface area contributed by atoms with Gasteiger partial charge >= 0.3 is 0 Å². The van der Waals surface area contributed by atoms with Gasteiger partial charge in [0.05, 0.1) is 12.2 Å². The summed E-state index contributed by atoms with van der Waals surface area (Å²) >= 11 is 0. The molecule has 0 N–H and O–H groups in total. The summed E-state index contributed by atoms with van der Waals surface area (Å²) in [5.74, 6) is 0.647. The first-order valence-electron chi connectivity index (χ1n) is 10.00. The number of imidazole rings is 1. The molecule has 0 radical (unpaired) electrons. The Morgan fingerprint density at radius 2 is 1.94 bits per heavy atom. The first-order chi connectivity index (χ1) is 15.2. The molecule has 0 bridgehead atoms. The maximum absolute atomic E-state index is 14.3. The Labute approximate surface area is 177 Å². The van der Waals surface area contributed by atoms with Gasteiger partial charge in [0.15, 0.2) is 23.1 Å². The van der Waals surface area contributed by atoms with Crippen molar-refractivity contribution in [3.8, 4) is 22.9 Å². The molecule has 0 fully saturated rings. The zero-order valence-corrected chi connectivity index (χ0v) is 16.9. The highest BCUT2D eigenvalue weighted by molar-refractivity contribution is 5.60. The molecule has 0 saturated heterocycles. The van der Waals surface area contributed by atoms with Gasteiger partial charge in [-0.25, -0.2) is 28.8 Å². The summed E-state index contributed by atoms with van der Waals surface area (Å²) in [4.78, 5) is 22.0. The molecular formula is C22H19FN8. The number of fused-ring (bicyclic) bond motifs is 1. The van der Waals surface area contributed by atoms with E-state index in [2.05, 4.69) is 32.0 Å². The molecule has 0 aromatic carbocycles. The molecule has 9 heteroatoms. The fourth-order valence-electron chi connectivity index (χ4n) is 3.57. The van der Waals surface area contributed by atoms with Crippen LogP contribution in [0.3, 0.4) is 0 Å². The molecule has 0 aliphatic carbocycles. The van der Waals surface area contributed by atoms with Crippen molar-refractivity contribution in [2.24, 2.45) is 0 Å². The summed E-state index contributed by atoms with van der Waals surface area (Å²) < 4.78 is 17.8. The van der Waals surface area contributed by atoms with Gasteiger partial charge in [0.25, 0.3) is 0 Å². The van der Waals surface area contributed by atoms with E-state index in [0.29, 0.717) is 18.2 Å². The van der Waals surface area contributed by atoms with Crippen LogP contribution in [0.5, 0.6) is 0 Å². The number of hydrogen-bond donors (Lipinski definition) is 0. The summed E-state index contributed by atoms with van der Waals surface area (Å²) in [5.41, 5.74) is 3.67. The molecule has 5 aromatic rings. The highest BCUT2D eigenvalue weighted by Gasteiger charge is 2.18. The summed E-state index contributed by atoms with van der Waals surface area (Å²) in [7, 11) is 0. The number of hydrogen-bond acceptors (Lipinski definition) is 6. The minimum Gasteiger partial charge on any atom is -0.324 e. The number of halogens is 1. The molecule has 5 rings (SSSR count). The van der Waals surface area contributed by atoms with Crippen molar-refractivity contribution in [1.82, 2.24) is 39.1 Å². The van der Waals surface area contributed by atoms with Crippen LogP contribution in [0.15, 0.2) is 61.6 Å². The Balaban J connectivity index is 1.58. The third-order valence-electron chi connectivity index (χ3n) is 5.00. The van der Waals surface area contributed by atoms with Crippen LogP contribution in [0.25, 0.3) is 28.6 Å². The maximum atomic E-state index is 14.3. The first kappa shape index (κ1) is 19.0. The number of nitrogens with zero attached hydrogens (tertiary/aromatic N) is 8. The van der Waals surface area contributed by atoms with E-state index in [1.54, 1.807) is 47.9 Å². The van der Waals surface area contributed by atoms with Crippen LogP contribution < -0.4 is 0 Å². The van der Waals surface area contributed by atoms with Crippen molar-refractivity contribution in [2.45, 2.75) is 26.3 Å². The number of aromatic nitrogens is 8. The van der Waals surface area contributed by atoms with Gasteiger partial charge in [0, 0.05) is 42.1 Å². The van der Waals surface area contributed by atoms with E-state index in [1.807, 2.05) is 16.7 Å². The lowest BCUT2D eigenvalue weighted by molar-refractivity contribution is 0.621. The van der Waals surface area contributed by atoms with E-state index in [1.165, 1.54) is 6.07 Å². The summed E-state index contributed by atoms with van der Waals surface area (Å²) in [6.07, 6.45) is 11.8. The highest BCUT2D eigenvalue weighted by Crippen LogP contribution is 2.23. The lowest BCUT2D eigenvalue weighted by atomic mass is 10.1. The smallest absolute Gasteiger partial charge is 0.183 e. The van der Waals surface area contributed by atoms with Crippen LogP contribution in [0.4, 0.5) is 4.39 Å². The van der Waals surface area contributed by atoms with Crippen LogP contribution in [-0.2, 0) is 13.0 Å². The van der Waals surface area contributed by atoms with E-state index in [-0.39, 0.29) is 5.69 Å².